The number of carboxylic acids is 1. The molecule has 5 heteroatoms. The van der Waals surface area contributed by atoms with Crippen LogP contribution in [-0.2, 0) is 4.79 Å². The summed E-state index contributed by atoms with van der Waals surface area (Å²) in [6, 6.07) is 5.16. The molecule has 1 aromatic rings. The van der Waals surface area contributed by atoms with Gasteiger partial charge in [0.05, 0.1) is 7.11 Å². The molecule has 21 heavy (non-hydrogen) atoms. The molecule has 2 N–H and O–H groups in total. The second-order valence-electron chi connectivity index (χ2n) is 5.85. The minimum Gasteiger partial charge on any atom is -0.496 e. The third kappa shape index (κ3) is 3.62. The standard InChI is InChI=1S/C16H19NO4/c1-16(2)9-13(16)17-15(20)11-4-6-12(21-3)10(8-11)5-7-14(18)19/h4-8,13H,9H2,1-3H3,(H,17,20)(H,18,19). The van der Waals surface area contributed by atoms with Crippen molar-refractivity contribution in [3.63, 3.8) is 0 Å². The van der Waals surface area contributed by atoms with Crippen molar-refractivity contribution >= 4 is 18.0 Å². The van der Waals surface area contributed by atoms with E-state index < -0.39 is 5.97 Å². The van der Waals surface area contributed by atoms with Crippen molar-refractivity contribution in [2.24, 2.45) is 5.41 Å². The zero-order chi connectivity index (χ0) is 15.6. The van der Waals surface area contributed by atoms with Gasteiger partial charge in [-0.15, -0.1) is 0 Å². The summed E-state index contributed by atoms with van der Waals surface area (Å²) in [6.45, 7) is 4.21. The summed E-state index contributed by atoms with van der Waals surface area (Å²) in [5.41, 5.74) is 1.21. The van der Waals surface area contributed by atoms with Crippen LogP contribution in [0.1, 0.15) is 36.2 Å². The van der Waals surface area contributed by atoms with Crippen LogP contribution in [0.25, 0.3) is 6.08 Å². The molecule has 1 aliphatic carbocycles. The summed E-state index contributed by atoms with van der Waals surface area (Å²) in [5.74, 6) is -0.680. The first-order valence-corrected chi connectivity index (χ1v) is 6.73. The highest BCUT2D eigenvalue weighted by Crippen LogP contribution is 2.44. The maximum Gasteiger partial charge on any atom is 0.328 e. The second kappa shape index (κ2) is 5.60. The number of hydrogen-bond donors (Lipinski definition) is 2. The first kappa shape index (κ1) is 15.1. The number of carbonyl (C=O) groups is 2. The number of nitrogens with one attached hydrogen (secondary N) is 1. The predicted octanol–water partition coefficient (Wildman–Crippen LogP) is 2.32. The molecule has 1 saturated carbocycles. The molecule has 0 saturated heterocycles. The molecule has 0 aliphatic heterocycles. The third-order valence-corrected chi connectivity index (χ3v) is 3.72. The quantitative estimate of drug-likeness (QED) is 0.816. The normalized spacial score (nSPS) is 19.3. The minimum atomic E-state index is -1.05. The number of rotatable bonds is 5. The molecule has 2 rings (SSSR count). The molecule has 1 amide bonds. The number of ether oxygens (including phenoxy) is 1. The lowest BCUT2D eigenvalue weighted by Gasteiger charge is -2.10. The van der Waals surface area contributed by atoms with Gasteiger partial charge in [0.15, 0.2) is 0 Å². The summed E-state index contributed by atoms with van der Waals surface area (Å²) in [4.78, 5) is 22.8. The molecule has 0 radical (unpaired) electrons. The van der Waals surface area contributed by atoms with Crippen LogP contribution >= 0.6 is 0 Å². The number of methoxy groups -OCH3 is 1. The van der Waals surface area contributed by atoms with Crippen molar-refractivity contribution in [1.29, 1.82) is 0 Å². The van der Waals surface area contributed by atoms with E-state index in [0.717, 1.165) is 12.5 Å². The third-order valence-electron chi connectivity index (χ3n) is 3.72. The Balaban J connectivity index is 2.18. The van der Waals surface area contributed by atoms with Crippen molar-refractivity contribution in [3.8, 4) is 5.75 Å². The van der Waals surface area contributed by atoms with Gasteiger partial charge in [-0.05, 0) is 36.1 Å². The smallest absolute Gasteiger partial charge is 0.328 e. The summed E-state index contributed by atoms with van der Waals surface area (Å²) in [5, 5.41) is 11.7. The van der Waals surface area contributed by atoms with Crippen molar-refractivity contribution in [2.45, 2.75) is 26.3 Å². The molecule has 0 bridgehead atoms. The van der Waals surface area contributed by atoms with Crippen LogP contribution in [0.5, 0.6) is 5.75 Å². The van der Waals surface area contributed by atoms with E-state index in [-0.39, 0.29) is 17.4 Å². The fraction of sp³-hybridized carbons (Fsp3) is 0.375. The van der Waals surface area contributed by atoms with Gasteiger partial charge in [-0.25, -0.2) is 4.79 Å². The Labute approximate surface area is 123 Å². The Morgan fingerprint density at radius 1 is 1.43 bits per heavy atom. The Hall–Kier alpha value is -2.30. The highest BCUT2D eigenvalue weighted by Gasteiger charge is 2.46. The molecule has 1 aromatic carbocycles. The van der Waals surface area contributed by atoms with Gasteiger partial charge in [-0.2, -0.15) is 0 Å². The lowest BCUT2D eigenvalue weighted by atomic mass is 10.1. The predicted molar refractivity (Wildman–Crippen MR) is 79.3 cm³/mol. The van der Waals surface area contributed by atoms with Gasteiger partial charge in [0.1, 0.15) is 5.75 Å². The first-order chi connectivity index (χ1) is 9.83. The monoisotopic (exact) mass is 289 g/mol. The number of benzene rings is 1. The summed E-state index contributed by atoms with van der Waals surface area (Å²) < 4.78 is 5.16. The van der Waals surface area contributed by atoms with E-state index in [0.29, 0.717) is 16.9 Å². The number of carboxylic acid groups (broad SMARTS) is 1. The molecular weight excluding hydrogens is 270 g/mol. The minimum absolute atomic E-state index is 0.154. The second-order valence-corrected chi connectivity index (χ2v) is 5.85. The largest absolute Gasteiger partial charge is 0.496 e. The van der Waals surface area contributed by atoms with Gasteiger partial charge in [0, 0.05) is 23.2 Å². The Morgan fingerprint density at radius 2 is 2.10 bits per heavy atom. The first-order valence-electron chi connectivity index (χ1n) is 6.73. The Bertz CT molecular complexity index is 604. The van der Waals surface area contributed by atoms with Crippen LogP contribution < -0.4 is 10.1 Å². The summed E-state index contributed by atoms with van der Waals surface area (Å²) >= 11 is 0. The van der Waals surface area contributed by atoms with E-state index in [9.17, 15) is 9.59 Å². The lowest BCUT2D eigenvalue weighted by Crippen LogP contribution is -2.28. The highest BCUT2D eigenvalue weighted by atomic mass is 16.5. The van der Waals surface area contributed by atoms with Gasteiger partial charge < -0.3 is 15.2 Å². The van der Waals surface area contributed by atoms with Gasteiger partial charge in [0.25, 0.3) is 5.91 Å². The fourth-order valence-corrected chi connectivity index (χ4v) is 2.12. The molecular formula is C16H19NO4. The molecule has 0 heterocycles. The summed E-state index contributed by atoms with van der Waals surface area (Å²) in [6.07, 6.45) is 3.41. The van der Waals surface area contributed by atoms with Crippen LogP contribution in [-0.4, -0.2) is 30.1 Å². The summed E-state index contributed by atoms with van der Waals surface area (Å²) in [7, 11) is 1.50. The molecule has 0 aromatic heterocycles. The molecule has 1 atom stereocenters. The van der Waals surface area contributed by atoms with Crippen LogP contribution in [0.4, 0.5) is 0 Å². The number of amides is 1. The van der Waals surface area contributed by atoms with Gasteiger partial charge >= 0.3 is 5.97 Å². The van der Waals surface area contributed by atoms with Crippen LogP contribution in [0, 0.1) is 5.41 Å². The number of hydrogen-bond acceptors (Lipinski definition) is 3. The van der Waals surface area contributed by atoms with Crippen LogP contribution in [0.2, 0.25) is 0 Å². The van der Waals surface area contributed by atoms with E-state index in [4.69, 9.17) is 9.84 Å². The van der Waals surface area contributed by atoms with Crippen molar-refractivity contribution in [3.05, 3.63) is 35.4 Å². The molecule has 1 aliphatic rings. The van der Waals surface area contributed by atoms with E-state index in [1.807, 2.05) is 0 Å². The van der Waals surface area contributed by atoms with E-state index in [2.05, 4.69) is 19.2 Å². The molecule has 0 spiro atoms. The van der Waals surface area contributed by atoms with E-state index in [1.165, 1.54) is 13.2 Å². The maximum atomic E-state index is 12.2. The average molecular weight is 289 g/mol. The van der Waals surface area contributed by atoms with Crippen LogP contribution in [0.3, 0.4) is 0 Å². The molecule has 5 nitrogen and oxygen atoms in total. The highest BCUT2D eigenvalue weighted by molar-refractivity contribution is 5.96. The molecule has 1 unspecified atom stereocenters. The number of carbonyl (C=O) groups excluding carboxylic acids is 1. The topological polar surface area (TPSA) is 75.6 Å². The van der Waals surface area contributed by atoms with Gasteiger partial charge in [-0.1, -0.05) is 13.8 Å². The van der Waals surface area contributed by atoms with E-state index >= 15 is 0 Å². The average Bonchev–Trinajstić information content (AvgIpc) is 3.02. The van der Waals surface area contributed by atoms with Crippen molar-refractivity contribution in [2.75, 3.05) is 7.11 Å². The van der Waals surface area contributed by atoms with E-state index in [1.54, 1.807) is 18.2 Å². The SMILES string of the molecule is COc1ccc(C(=O)NC2CC2(C)C)cc1C=CC(=O)O. The maximum absolute atomic E-state index is 12.2. The Morgan fingerprint density at radius 3 is 2.62 bits per heavy atom. The van der Waals surface area contributed by atoms with Crippen molar-refractivity contribution in [1.82, 2.24) is 5.32 Å². The van der Waals surface area contributed by atoms with Gasteiger partial charge in [-0.3, -0.25) is 4.79 Å². The molecule has 1 fully saturated rings. The fourth-order valence-electron chi connectivity index (χ4n) is 2.12. The lowest BCUT2D eigenvalue weighted by molar-refractivity contribution is -0.131. The Kier molecular flexibility index (Phi) is 4.02. The van der Waals surface area contributed by atoms with Gasteiger partial charge in [0.2, 0.25) is 0 Å². The molecule has 112 valence electrons. The van der Waals surface area contributed by atoms with Crippen molar-refractivity contribution < 1.29 is 19.4 Å². The zero-order valence-corrected chi connectivity index (χ0v) is 12.3. The number of aliphatic carboxylic acids is 1. The zero-order valence-electron chi connectivity index (χ0n) is 12.3. The van der Waals surface area contributed by atoms with Crippen LogP contribution in [0.15, 0.2) is 24.3 Å².